The van der Waals surface area contributed by atoms with Crippen LogP contribution in [0.25, 0.3) is 0 Å². The first-order valence-electron chi connectivity index (χ1n) is 15.3. The van der Waals surface area contributed by atoms with Crippen molar-refractivity contribution >= 4 is 23.4 Å². The number of halogens is 1. The average Bonchev–Trinajstić information content (AvgIpc) is 3.68. The van der Waals surface area contributed by atoms with Crippen LogP contribution in [-0.4, -0.2) is 46.4 Å². The van der Waals surface area contributed by atoms with Crippen molar-refractivity contribution in [1.82, 2.24) is 10.2 Å². The van der Waals surface area contributed by atoms with Crippen LogP contribution >= 0.6 is 0 Å². The van der Waals surface area contributed by atoms with E-state index in [2.05, 4.69) is 10.6 Å². The molecule has 0 radical (unpaired) electrons. The molecule has 0 aromatic heterocycles. The maximum atomic E-state index is 14.2. The number of hydrogen-bond donors (Lipinski definition) is 2. The highest BCUT2D eigenvalue weighted by Gasteiger charge is 2.72. The number of ether oxygens (including phenoxy) is 2. The molecule has 44 heavy (non-hydrogen) atoms. The lowest BCUT2D eigenvalue weighted by atomic mass is 9.74. The second-order valence-corrected chi connectivity index (χ2v) is 12.1. The van der Waals surface area contributed by atoms with Crippen molar-refractivity contribution < 1.29 is 28.2 Å². The van der Waals surface area contributed by atoms with Gasteiger partial charge in [-0.3, -0.25) is 14.4 Å². The highest BCUT2D eigenvalue weighted by molar-refractivity contribution is 6.02. The molecule has 1 saturated carbocycles. The Morgan fingerprint density at radius 1 is 0.909 bits per heavy atom. The predicted molar refractivity (Wildman–Crippen MR) is 161 cm³/mol. The Balaban J connectivity index is 1.13. The molecule has 2 saturated heterocycles. The lowest BCUT2D eigenvalue weighted by molar-refractivity contribution is -0.142. The van der Waals surface area contributed by atoms with Gasteiger partial charge in [-0.25, -0.2) is 4.39 Å². The van der Waals surface area contributed by atoms with E-state index in [1.54, 1.807) is 48.6 Å². The van der Waals surface area contributed by atoms with Gasteiger partial charge in [0.2, 0.25) is 17.7 Å². The number of hydrogen-bond acceptors (Lipinski definition) is 5. The van der Waals surface area contributed by atoms with Gasteiger partial charge in [0.25, 0.3) is 0 Å². The minimum Gasteiger partial charge on any atom is -0.457 e. The van der Waals surface area contributed by atoms with E-state index in [1.165, 1.54) is 17.0 Å². The molecule has 5 atom stereocenters. The van der Waals surface area contributed by atoms with E-state index in [0.29, 0.717) is 22.7 Å². The van der Waals surface area contributed by atoms with E-state index in [1.807, 2.05) is 30.3 Å². The lowest BCUT2D eigenvalue weighted by Crippen LogP contribution is -2.56. The standard InChI is InChI=1S/C35H34FN3O5/c36-23-13-11-22(12-14-23)21-39-31(33(41)38-24-7-3-1-4-8-24)35-20-19-28(44-35)29(30(35)34(39)42)32(40)37-25-15-17-27(18-16-25)43-26-9-5-2-6-10-26/h2,5-6,9-20,24,28-31H,1,3-4,7-8,21H2,(H,37,40)(H,38,41)/t28-,29-,30-,31+,35-/m1/s1. The minimum atomic E-state index is -1.27. The van der Waals surface area contributed by atoms with Crippen molar-refractivity contribution in [3.63, 3.8) is 0 Å². The van der Waals surface area contributed by atoms with E-state index in [0.717, 1.165) is 32.1 Å². The van der Waals surface area contributed by atoms with Crippen molar-refractivity contribution in [3.05, 3.63) is 102 Å². The molecule has 226 valence electrons. The summed E-state index contributed by atoms with van der Waals surface area (Å²) in [6.45, 7) is 0.0964. The molecule has 7 rings (SSSR count). The third kappa shape index (κ3) is 5.15. The van der Waals surface area contributed by atoms with Crippen LogP contribution < -0.4 is 15.4 Å². The van der Waals surface area contributed by atoms with E-state index in [-0.39, 0.29) is 36.1 Å². The van der Waals surface area contributed by atoms with Gasteiger partial charge in [0.15, 0.2) is 0 Å². The average molecular weight is 596 g/mol. The number of benzene rings is 3. The van der Waals surface area contributed by atoms with Crippen molar-refractivity contribution in [2.45, 2.75) is 62.4 Å². The Hall–Kier alpha value is -4.50. The number of likely N-dealkylation sites (tertiary alicyclic amines) is 1. The van der Waals surface area contributed by atoms with Crippen molar-refractivity contribution in [3.8, 4) is 11.5 Å². The topological polar surface area (TPSA) is 97.0 Å². The zero-order chi connectivity index (χ0) is 30.3. The van der Waals surface area contributed by atoms with E-state index >= 15 is 0 Å². The maximum absolute atomic E-state index is 14.2. The van der Waals surface area contributed by atoms with Gasteiger partial charge in [-0.1, -0.05) is 61.7 Å². The molecule has 9 heteroatoms. The van der Waals surface area contributed by atoms with Crippen LogP contribution in [0.1, 0.15) is 37.7 Å². The number of carbonyl (C=O) groups is 3. The third-order valence-corrected chi connectivity index (χ3v) is 9.24. The van der Waals surface area contributed by atoms with Gasteiger partial charge in [-0.2, -0.15) is 0 Å². The summed E-state index contributed by atoms with van der Waals surface area (Å²) >= 11 is 0. The molecule has 4 aliphatic rings. The van der Waals surface area contributed by atoms with Crippen LogP contribution in [0, 0.1) is 17.7 Å². The fourth-order valence-corrected chi connectivity index (χ4v) is 7.21. The van der Waals surface area contributed by atoms with Crippen molar-refractivity contribution in [2.75, 3.05) is 5.32 Å². The number of anilines is 1. The Morgan fingerprint density at radius 3 is 2.34 bits per heavy atom. The van der Waals surface area contributed by atoms with Crippen molar-refractivity contribution in [1.29, 1.82) is 0 Å². The fourth-order valence-electron chi connectivity index (χ4n) is 7.21. The molecule has 2 bridgehead atoms. The molecular weight excluding hydrogens is 561 g/mol. The quantitative estimate of drug-likeness (QED) is 0.342. The van der Waals surface area contributed by atoms with Crippen LogP contribution in [0.3, 0.4) is 0 Å². The summed E-state index contributed by atoms with van der Waals surface area (Å²) in [6.07, 6.45) is 7.97. The normalized spacial score (nSPS) is 27.3. The maximum Gasteiger partial charge on any atom is 0.246 e. The van der Waals surface area contributed by atoms with Gasteiger partial charge < -0.3 is 25.0 Å². The van der Waals surface area contributed by atoms with Crippen LogP contribution in [-0.2, 0) is 25.7 Å². The number of nitrogens with zero attached hydrogens (tertiary/aromatic N) is 1. The van der Waals surface area contributed by atoms with Gasteiger partial charge in [0.1, 0.15) is 29.0 Å². The van der Waals surface area contributed by atoms with E-state index < -0.39 is 29.6 Å². The predicted octanol–water partition coefficient (Wildman–Crippen LogP) is 5.36. The van der Waals surface area contributed by atoms with Crippen LogP contribution in [0.4, 0.5) is 10.1 Å². The van der Waals surface area contributed by atoms with Gasteiger partial charge in [-0.05, 0) is 66.9 Å². The van der Waals surface area contributed by atoms with Crippen LogP contribution in [0.2, 0.25) is 0 Å². The van der Waals surface area contributed by atoms with Gasteiger partial charge in [0.05, 0.1) is 17.9 Å². The number of amides is 3. The van der Waals surface area contributed by atoms with Crippen LogP contribution in [0.15, 0.2) is 91.0 Å². The summed E-state index contributed by atoms with van der Waals surface area (Å²) in [5.41, 5.74) is -0.0315. The third-order valence-electron chi connectivity index (χ3n) is 9.24. The molecule has 0 unspecified atom stereocenters. The Labute approximate surface area is 255 Å². The number of fused-ring (bicyclic) bond motifs is 1. The molecule has 1 spiro atoms. The lowest BCUT2D eigenvalue weighted by Gasteiger charge is -2.34. The second-order valence-electron chi connectivity index (χ2n) is 12.1. The zero-order valence-corrected chi connectivity index (χ0v) is 24.2. The molecular formula is C35H34FN3O5. The first-order valence-corrected chi connectivity index (χ1v) is 15.3. The molecule has 3 fully saturated rings. The largest absolute Gasteiger partial charge is 0.457 e. The SMILES string of the molecule is O=C(Nc1ccc(Oc2ccccc2)cc1)[C@@H]1[C@H]2C=C[C@]3(O2)[C@H](C(=O)NC2CCCCC2)N(Cc2ccc(F)cc2)C(=O)[C@@H]13. The summed E-state index contributed by atoms with van der Waals surface area (Å²) in [6, 6.07) is 21.4. The summed E-state index contributed by atoms with van der Waals surface area (Å²) in [7, 11) is 0. The smallest absolute Gasteiger partial charge is 0.246 e. The van der Waals surface area contributed by atoms with E-state index in [9.17, 15) is 18.8 Å². The molecule has 3 aliphatic heterocycles. The fraction of sp³-hybridized carbons (Fsp3) is 0.343. The van der Waals surface area contributed by atoms with Crippen LogP contribution in [0.5, 0.6) is 11.5 Å². The number of nitrogens with one attached hydrogen (secondary N) is 2. The molecule has 3 aromatic rings. The van der Waals surface area contributed by atoms with Crippen molar-refractivity contribution in [2.24, 2.45) is 11.8 Å². The van der Waals surface area contributed by atoms with Gasteiger partial charge in [0, 0.05) is 18.3 Å². The molecule has 3 aromatic carbocycles. The first kappa shape index (κ1) is 28.3. The number of rotatable bonds is 8. The summed E-state index contributed by atoms with van der Waals surface area (Å²) in [4.78, 5) is 43.5. The number of para-hydroxylation sites is 1. The molecule has 3 amide bonds. The second kappa shape index (κ2) is 11.5. The molecule has 1 aliphatic carbocycles. The highest BCUT2D eigenvalue weighted by Crippen LogP contribution is 2.55. The van der Waals surface area contributed by atoms with E-state index in [4.69, 9.17) is 9.47 Å². The van der Waals surface area contributed by atoms with Gasteiger partial charge in [-0.15, -0.1) is 0 Å². The monoisotopic (exact) mass is 595 g/mol. The Morgan fingerprint density at radius 2 is 1.61 bits per heavy atom. The zero-order valence-electron chi connectivity index (χ0n) is 24.2. The molecule has 2 N–H and O–H groups in total. The Kier molecular flexibility index (Phi) is 7.42. The Bertz CT molecular complexity index is 1570. The van der Waals surface area contributed by atoms with Gasteiger partial charge >= 0.3 is 0 Å². The summed E-state index contributed by atoms with van der Waals surface area (Å²) < 4.78 is 26.0. The first-order chi connectivity index (χ1) is 21.4. The molecule has 3 heterocycles. The summed E-state index contributed by atoms with van der Waals surface area (Å²) in [5.74, 6) is -1.72. The highest BCUT2D eigenvalue weighted by atomic mass is 19.1. The minimum absolute atomic E-state index is 0.0324. The summed E-state index contributed by atoms with van der Waals surface area (Å²) in [5, 5.41) is 6.13. The molecule has 8 nitrogen and oxygen atoms in total. The number of carbonyl (C=O) groups excluding carboxylic acids is 3.